The lowest BCUT2D eigenvalue weighted by atomic mass is 9.96. The van der Waals surface area contributed by atoms with Crippen LogP contribution in [0.3, 0.4) is 0 Å². The molecule has 1 fully saturated rings. The normalized spacial score (nSPS) is 17.1. The van der Waals surface area contributed by atoms with Crippen LogP contribution >= 0.6 is 0 Å². The number of hydrogen-bond donors (Lipinski definition) is 0. The highest BCUT2D eigenvalue weighted by molar-refractivity contribution is 6.09. The summed E-state index contributed by atoms with van der Waals surface area (Å²) < 4.78 is 12.2. The lowest BCUT2D eigenvalue weighted by Crippen LogP contribution is -2.13. The van der Waals surface area contributed by atoms with Crippen LogP contribution in [-0.2, 0) is 20.9 Å². The first-order chi connectivity index (χ1) is 12.2. The topological polar surface area (TPSA) is 57.5 Å². The number of cyclic esters (lactones) is 1. The van der Waals surface area contributed by atoms with E-state index < -0.39 is 11.9 Å². The smallest absolute Gasteiger partial charge is 0.321 e. The summed E-state index contributed by atoms with van der Waals surface area (Å²) in [5.74, 6) is -0.620. The van der Waals surface area contributed by atoms with Crippen molar-refractivity contribution in [3.63, 3.8) is 0 Å². The number of Topliss-reactive ketones (excluding diaryl/α,β-unsaturated/α-hetero) is 1. The number of rotatable bonds is 4. The average molecular weight is 335 g/mol. The number of methoxy groups -OCH3 is 1. The number of nitrogens with zero attached hydrogens (tertiary/aromatic N) is 1. The van der Waals surface area contributed by atoms with E-state index in [1.54, 1.807) is 7.11 Å². The predicted molar refractivity (Wildman–Crippen MR) is 92.7 cm³/mol. The van der Waals surface area contributed by atoms with Gasteiger partial charge in [-0.25, -0.2) is 0 Å². The molecular formula is C20H17NO4. The van der Waals surface area contributed by atoms with Gasteiger partial charge in [-0.1, -0.05) is 24.3 Å². The molecule has 1 aromatic heterocycles. The van der Waals surface area contributed by atoms with E-state index in [2.05, 4.69) is 4.57 Å². The molecule has 0 saturated carbocycles. The van der Waals surface area contributed by atoms with Crippen LogP contribution < -0.4 is 4.74 Å². The summed E-state index contributed by atoms with van der Waals surface area (Å²) in [6, 6.07) is 15.6. The van der Waals surface area contributed by atoms with E-state index in [-0.39, 0.29) is 12.4 Å². The maximum Gasteiger partial charge on any atom is 0.321 e. The summed E-state index contributed by atoms with van der Waals surface area (Å²) in [6.07, 6.45) is 2.01. The Morgan fingerprint density at radius 3 is 2.60 bits per heavy atom. The van der Waals surface area contributed by atoms with Gasteiger partial charge in [-0.15, -0.1) is 0 Å². The Kier molecular flexibility index (Phi) is 3.76. The quantitative estimate of drug-likeness (QED) is 0.543. The van der Waals surface area contributed by atoms with Gasteiger partial charge < -0.3 is 14.0 Å². The van der Waals surface area contributed by atoms with Crippen LogP contribution in [0.2, 0.25) is 0 Å². The third kappa shape index (κ3) is 2.78. The zero-order valence-corrected chi connectivity index (χ0v) is 13.8. The average Bonchev–Trinajstić information content (AvgIpc) is 3.18. The molecule has 2 heterocycles. The molecule has 1 atom stereocenters. The van der Waals surface area contributed by atoms with Crippen LogP contribution in [0, 0.1) is 0 Å². The molecule has 0 spiro atoms. The van der Waals surface area contributed by atoms with Crippen LogP contribution in [0.1, 0.15) is 17.0 Å². The summed E-state index contributed by atoms with van der Waals surface area (Å²) in [4.78, 5) is 23.8. The number of fused-ring (bicyclic) bond motifs is 1. The van der Waals surface area contributed by atoms with Gasteiger partial charge in [-0.05, 0) is 40.8 Å². The summed E-state index contributed by atoms with van der Waals surface area (Å²) in [5, 5.41) is 1.07. The Balaban J connectivity index is 1.68. The van der Waals surface area contributed by atoms with E-state index in [4.69, 9.17) is 9.47 Å². The SMILES string of the molecule is COc1ccc(Cn2ccc3ccc(C4C(=O)COC4=O)cc32)cc1. The van der Waals surface area contributed by atoms with Crippen molar-refractivity contribution in [3.05, 3.63) is 65.9 Å². The first kappa shape index (κ1) is 15.4. The van der Waals surface area contributed by atoms with Gasteiger partial charge in [-0.2, -0.15) is 0 Å². The van der Waals surface area contributed by atoms with E-state index in [1.807, 2.05) is 54.7 Å². The molecule has 0 bridgehead atoms. The summed E-state index contributed by atoms with van der Waals surface area (Å²) in [7, 11) is 1.64. The van der Waals surface area contributed by atoms with Gasteiger partial charge in [0.05, 0.1) is 7.11 Å². The number of carbonyl (C=O) groups excluding carboxylic acids is 2. The van der Waals surface area contributed by atoms with Gasteiger partial charge in [0.2, 0.25) is 0 Å². The maximum atomic E-state index is 11.9. The van der Waals surface area contributed by atoms with E-state index in [0.717, 1.165) is 22.2 Å². The summed E-state index contributed by atoms with van der Waals surface area (Å²) in [5.41, 5.74) is 2.82. The van der Waals surface area contributed by atoms with Crippen LogP contribution in [0.15, 0.2) is 54.7 Å². The van der Waals surface area contributed by atoms with Crippen LogP contribution in [-0.4, -0.2) is 30.0 Å². The molecule has 3 aromatic rings. The fourth-order valence-electron chi connectivity index (χ4n) is 3.21. The molecule has 2 aromatic carbocycles. The van der Waals surface area contributed by atoms with Crippen LogP contribution in [0.5, 0.6) is 5.75 Å². The lowest BCUT2D eigenvalue weighted by molar-refractivity contribution is -0.139. The molecule has 5 heteroatoms. The largest absolute Gasteiger partial charge is 0.497 e. The molecule has 0 N–H and O–H groups in total. The predicted octanol–water partition coefficient (Wildman–Crippen LogP) is 2.91. The second-order valence-corrected chi connectivity index (χ2v) is 6.12. The number of benzene rings is 2. The summed E-state index contributed by atoms with van der Waals surface area (Å²) in [6.45, 7) is 0.564. The van der Waals surface area contributed by atoms with Crippen LogP contribution in [0.4, 0.5) is 0 Å². The minimum Gasteiger partial charge on any atom is -0.497 e. The van der Waals surface area contributed by atoms with Crippen molar-refractivity contribution in [2.75, 3.05) is 13.7 Å². The number of ether oxygens (including phenoxy) is 2. The molecule has 1 unspecified atom stereocenters. The van der Waals surface area contributed by atoms with Crippen molar-refractivity contribution in [3.8, 4) is 5.75 Å². The van der Waals surface area contributed by atoms with Gasteiger partial charge in [0.15, 0.2) is 12.4 Å². The van der Waals surface area contributed by atoms with Crippen LogP contribution in [0.25, 0.3) is 10.9 Å². The molecule has 1 aliphatic heterocycles. The number of hydrogen-bond acceptors (Lipinski definition) is 4. The molecule has 4 rings (SSSR count). The number of aromatic nitrogens is 1. The van der Waals surface area contributed by atoms with E-state index in [0.29, 0.717) is 12.1 Å². The van der Waals surface area contributed by atoms with Crippen molar-refractivity contribution in [1.29, 1.82) is 0 Å². The summed E-state index contributed by atoms with van der Waals surface area (Å²) >= 11 is 0. The van der Waals surface area contributed by atoms with Gasteiger partial charge in [0.25, 0.3) is 0 Å². The number of esters is 1. The molecular weight excluding hydrogens is 318 g/mol. The molecule has 1 saturated heterocycles. The van der Waals surface area contributed by atoms with Crippen molar-refractivity contribution < 1.29 is 19.1 Å². The van der Waals surface area contributed by atoms with E-state index in [1.165, 1.54) is 0 Å². The van der Waals surface area contributed by atoms with Gasteiger partial charge in [0.1, 0.15) is 11.7 Å². The van der Waals surface area contributed by atoms with Gasteiger partial charge >= 0.3 is 5.97 Å². The second kappa shape index (κ2) is 6.09. The third-order valence-electron chi connectivity index (χ3n) is 4.56. The molecule has 0 radical (unpaired) electrons. The minimum absolute atomic E-state index is 0.131. The zero-order valence-electron chi connectivity index (χ0n) is 13.8. The monoisotopic (exact) mass is 335 g/mol. The Bertz CT molecular complexity index is 939. The Morgan fingerprint density at radius 2 is 1.92 bits per heavy atom. The first-order valence-corrected chi connectivity index (χ1v) is 8.07. The fraction of sp³-hybridized carbons (Fsp3) is 0.200. The van der Waals surface area contributed by atoms with E-state index in [9.17, 15) is 9.59 Å². The maximum absolute atomic E-state index is 11.9. The lowest BCUT2D eigenvalue weighted by Gasteiger charge is -2.09. The number of carbonyl (C=O) groups is 2. The highest BCUT2D eigenvalue weighted by Gasteiger charge is 2.36. The standard InChI is InChI=1S/C20H17NO4/c1-24-16-6-2-13(3-7-16)11-21-9-8-14-4-5-15(10-17(14)21)19-18(22)12-25-20(19)23/h2-10,19H,11-12H2,1H3. The molecule has 0 amide bonds. The molecule has 126 valence electrons. The molecule has 1 aliphatic rings. The highest BCUT2D eigenvalue weighted by Crippen LogP contribution is 2.28. The highest BCUT2D eigenvalue weighted by atomic mass is 16.5. The van der Waals surface area contributed by atoms with Gasteiger partial charge in [0, 0.05) is 18.3 Å². The Morgan fingerprint density at radius 1 is 1.12 bits per heavy atom. The third-order valence-corrected chi connectivity index (χ3v) is 4.56. The van der Waals surface area contributed by atoms with Crippen molar-refractivity contribution >= 4 is 22.7 Å². The zero-order chi connectivity index (χ0) is 17.4. The van der Waals surface area contributed by atoms with Gasteiger partial charge in [-0.3, -0.25) is 9.59 Å². The van der Waals surface area contributed by atoms with E-state index >= 15 is 0 Å². The Labute approximate surface area is 144 Å². The van der Waals surface area contributed by atoms with Crippen molar-refractivity contribution in [2.24, 2.45) is 0 Å². The molecule has 5 nitrogen and oxygen atoms in total. The Hall–Kier alpha value is -3.08. The van der Waals surface area contributed by atoms with Crippen molar-refractivity contribution in [1.82, 2.24) is 4.57 Å². The van der Waals surface area contributed by atoms with Crippen molar-refractivity contribution in [2.45, 2.75) is 12.5 Å². The minimum atomic E-state index is -0.797. The number of ketones is 1. The molecule has 0 aliphatic carbocycles. The molecule has 25 heavy (non-hydrogen) atoms. The second-order valence-electron chi connectivity index (χ2n) is 6.12. The first-order valence-electron chi connectivity index (χ1n) is 8.07. The fourth-order valence-corrected chi connectivity index (χ4v) is 3.21.